The van der Waals surface area contributed by atoms with Crippen LogP contribution in [0.5, 0.6) is 0 Å². The Labute approximate surface area is 90.9 Å². The monoisotopic (exact) mass is 226 g/mol. The highest BCUT2D eigenvalue weighted by atomic mass is 35.5. The van der Waals surface area contributed by atoms with E-state index < -0.39 is 5.82 Å². The summed E-state index contributed by atoms with van der Waals surface area (Å²) in [5, 5.41) is 2.82. The zero-order valence-corrected chi connectivity index (χ0v) is 8.68. The van der Waals surface area contributed by atoms with Crippen LogP contribution in [0.4, 0.5) is 10.4 Å². The molecule has 0 radical (unpaired) electrons. The highest BCUT2D eigenvalue weighted by Gasteiger charge is 2.07. The Hall–Kier alpha value is -1.55. The second-order valence-corrected chi connectivity index (χ2v) is 3.32. The Bertz CT molecular complexity index is 484. The molecule has 0 amide bonds. The fourth-order valence-electron chi connectivity index (χ4n) is 1.17. The highest BCUT2D eigenvalue weighted by molar-refractivity contribution is 6.31. The van der Waals surface area contributed by atoms with Gasteiger partial charge in [-0.1, -0.05) is 11.6 Å². The van der Waals surface area contributed by atoms with E-state index in [0.29, 0.717) is 17.3 Å². The summed E-state index contributed by atoms with van der Waals surface area (Å²) in [5.41, 5.74) is 0.690. The third-order valence-electron chi connectivity index (χ3n) is 1.92. The maximum atomic E-state index is 12.9. The molecule has 0 bridgehead atoms. The van der Waals surface area contributed by atoms with E-state index in [9.17, 15) is 4.39 Å². The molecule has 2 aromatic rings. The van der Waals surface area contributed by atoms with Crippen LogP contribution < -0.4 is 5.32 Å². The lowest BCUT2D eigenvalue weighted by Gasteiger charge is -1.98. The molecule has 1 N–H and O–H groups in total. The van der Waals surface area contributed by atoms with Gasteiger partial charge in [0.05, 0.1) is 11.2 Å². The number of hydrogen-bond acceptors (Lipinski definition) is 3. The van der Waals surface area contributed by atoms with Crippen LogP contribution in [0.2, 0.25) is 5.02 Å². The fourth-order valence-corrected chi connectivity index (χ4v) is 1.35. The predicted molar refractivity (Wildman–Crippen MR) is 56.5 cm³/mol. The number of hydrogen-bond donors (Lipinski definition) is 1. The van der Waals surface area contributed by atoms with E-state index in [1.165, 1.54) is 12.1 Å². The smallest absolute Gasteiger partial charge is 0.294 e. The minimum absolute atomic E-state index is 0.0647. The van der Waals surface area contributed by atoms with Gasteiger partial charge in [0.15, 0.2) is 5.76 Å². The molecule has 0 saturated heterocycles. The Morgan fingerprint density at radius 2 is 2.27 bits per heavy atom. The number of benzene rings is 1. The van der Waals surface area contributed by atoms with Crippen molar-refractivity contribution in [3.8, 4) is 11.3 Å². The maximum Gasteiger partial charge on any atom is 0.294 e. The zero-order chi connectivity index (χ0) is 10.8. The summed E-state index contributed by atoms with van der Waals surface area (Å²) in [6, 6.07) is 4.78. The number of rotatable bonds is 2. The van der Waals surface area contributed by atoms with Gasteiger partial charge in [0.1, 0.15) is 5.82 Å². The minimum atomic E-state index is -0.450. The van der Waals surface area contributed by atoms with E-state index in [0.717, 1.165) is 0 Å². The number of nitrogens with zero attached hydrogens (tertiary/aromatic N) is 1. The molecule has 1 aromatic carbocycles. The summed E-state index contributed by atoms with van der Waals surface area (Å²) in [4.78, 5) is 3.95. The van der Waals surface area contributed by atoms with Crippen LogP contribution in [0.25, 0.3) is 11.3 Å². The van der Waals surface area contributed by atoms with E-state index in [4.69, 9.17) is 16.0 Å². The first-order valence-electron chi connectivity index (χ1n) is 4.29. The van der Waals surface area contributed by atoms with Crippen molar-refractivity contribution in [3.05, 3.63) is 35.2 Å². The molecular weight excluding hydrogens is 219 g/mol. The fraction of sp³-hybridized carbons (Fsp3) is 0.100. The second kappa shape index (κ2) is 3.90. The molecule has 1 heterocycles. The lowest BCUT2D eigenvalue weighted by Crippen LogP contribution is -1.85. The lowest BCUT2D eigenvalue weighted by molar-refractivity contribution is 0.589. The van der Waals surface area contributed by atoms with Gasteiger partial charge in [0.2, 0.25) is 0 Å². The SMILES string of the molecule is CNc1ncc(-c2ccc(F)c(Cl)c2)o1. The molecule has 15 heavy (non-hydrogen) atoms. The van der Waals surface area contributed by atoms with Crippen LogP contribution in [0.3, 0.4) is 0 Å². The van der Waals surface area contributed by atoms with Crippen molar-refractivity contribution in [1.29, 1.82) is 0 Å². The number of aromatic nitrogens is 1. The number of halogens is 2. The second-order valence-electron chi connectivity index (χ2n) is 2.91. The van der Waals surface area contributed by atoms with Crippen molar-refractivity contribution in [2.45, 2.75) is 0 Å². The summed E-state index contributed by atoms with van der Waals surface area (Å²) in [5.74, 6) is 0.0926. The van der Waals surface area contributed by atoms with Gasteiger partial charge in [-0.3, -0.25) is 0 Å². The summed E-state index contributed by atoms with van der Waals surface area (Å²) in [7, 11) is 1.70. The standard InChI is InChI=1S/C10H8ClFN2O/c1-13-10-14-5-9(15-10)6-2-3-8(12)7(11)4-6/h2-5H,1H3,(H,13,14). The Kier molecular flexibility index (Phi) is 2.60. The molecular formula is C10H8ClFN2O. The van der Waals surface area contributed by atoms with E-state index in [-0.39, 0.29) is 5.02 Å². The normalized spacial score (nSPS) is 10.3. The van der Waals surface area contributed by atoms with Crippen molar-refractivity contribution in [1.82, 2.24) is 4.98 Å². The first kappa shape index (κ1) is 9.98. The van der Waals surface area contributed by atoms with Crippen LogP contribution in [0, 0.1) is 5.82 Å². The van der Waals surface area contributed by atoms with Crippen LogP contribution in [-0.2, 0) is 0 Å². The highest BCUT2D eigenvalue weighted by Crippen LogP contribution is 2.26. The van der Waals surface area contributed by atoms with Gasteiger partial charge in [-0.15, -0.1) is 0 Å². The van der Waals surface area contributed by atoms with Crippen molar-refractivity contribution < 1.29 is 8.81 Å². The molecule has 0 aliphatic rings. The molecule has 0 aliphatic carbocycles. The third kappa shape index (κ3) is 1.94. The van der Waals surface area contributed by atoms with Crippen molar-refractivity contribution >= 4 is 17.6 Å². The molecule has 5 heteroatoms. The molecule has 2 rings (SSSR count). The van der Waals surface area contributed by atoms with Gasteiger partial charge in [0.25, 0.3) is 6.01 Å². The number of oxazole rings is 1. The Morgan fingerprint density at radius 3 is 2.87 bits per heavy atom. The first-order valence-corrected chi connectivity index (χ1v) is 4.67. The molecule has 1 aromatic heterocycles. The van der Waals surface area contributed by atoms with Crippen LogP contribution in [0.15, 0.2) is 28.8 Å². The van der Waals surface area contributed by atoms with Gasteiger partial charge < -0.3 is 9.73 Å². The summed E-state index contributed by atoms with van der Waals surface area (Å²) in [6.45, 7) is 0. The summed E-state index contributed by atoms with van der Waals surface area (Å²) in [6.07, 6.45) is 1.55. The largest absolute Gasteiger partial charge is 0.424 e. The average Bonchev–Trinajstić information content (AvgIpc) is 2.70. The third-order valence-corrected chi connectivity index (χ3v) is 2.21. The topological polar surface area (TPSA) is 38.1 Å². The number of anilines is 1. The van der Waals surface area contributed by atoms with Crippen LogP contribution >= 0.6 is 11.6 Å². The van der Waals surface area contributed by atoms with Crippen molar-refractivity contribution in [2.75, 3.05) is 12.4 Å². The van der Waals surface area contributed by atoms with Crippen LogP contribution in [-0.4, -0.2) is 12.0 Å². The molecule has 78 valence electrons. The maximum absolute atomic E-state index is 12.9. The number of nitrogens with one attached hydrogen (secondary N) is 1. The van der Waals surface area contributed by atoms with E-state index >= 15 is 0 Å². The zero-order valence-electron chi connectivity index (χ0n) is 7.92. The van der Waals surface area contributed by atoms with Crippen molar-refractivity contribution in [3.63, 3.8) is 0 Å². The molecule has 3 nitrogen and oxygen atoms in total. The molecule has 0 aliphatic heterocycles. The first-order chi connectivity index (χ1) is 7.20. The van der Waals surface area contributed by atoms with E-state index in [1.54, 1.807) is 19.3 Å². The van der Waals surface area contributed by atoms with Crippen LogP contribution in [0.1, 0.15) is 0 Å². The predicted octanol–water partition coefficient (Wildman–Crippen LogP) is 3.18. The summed E-state index contributed by atoms with van der Waals surface area (Å²) < 4.78 is 18.2. The molecule has 0 saturated carbocycles. The molecule has 0 unspecified atom stereocenters. The molecule has 0 spiro atoms. The van der Waals surface area contributed by atoms with Crippen molar-refractivity contribution in [2.24, 2.45) is 0 Å². The quantitative estimate of drug-likeness (QED) is 0.855. The molecule has 0 atom stereocenters. The van der Waals surface area contributed by atoms with E-state index in [1.807, 2.05) is 0 Å². The van der Waals surface area contributed by atoms with Gasteiger partial charge >= 0.3 is 0 Å². The molecule has 0 fully saturated rings. The lowest BCUT2D eigenvalue weighted by atomic mass is 10.2. The van der Waals surface area contributed by atoms with Gasteiger partial charge in [-0.2, -0.15) is 0 Å². The average molecular weight is 227 g/mol. The van der Waals surface area contributed by atoms with Gasteiger partial charge in [0, 0.05) is 12.6 Å². The van der Waals surface area contributed by atoms with E-state index in [2.05, 4.69) is 10.3 Å². The van der Waals surface area contributed by atoms with Gasteiger partial charge in [-0.25, -0.2) is 9.37 Å². The summed E-state index contributed by atoms with van der Waals surface area (Å²) >= 11 is 5.65. The Morgan fingerprint density at radius 1 is 1.47 bits per heavy atom. The minimum Gasteiger partial charge on any atom is -0.424 e. The van der Waals surface area contributed by atoms with Gasteiger partial charge in [-0.05, 0) is 18.2 Å². The Balaban J connectivity index is 2.40.